The quantitative estimate of drug-likeness (QED) is 0.450. The molecule has 3 aromatic rings. The summed E-state index contributed by atoms with van der Waals surface area (Å²) in [5, 5.41) is 23.8. The minimum atomic E-state index is -0.442. The van der Waals surface area contributed by atoms with Gasteiger partial charge in [0, 0.05) is 26.0 Å². The second-order valence-corrected chi connectivity index (χ2v) is 6.46. The third kappa shape index (κ3) is 3.63. The van der Waals surface area contributed by atoms with Crippen molar-refractivity contribution in [1.29, 1.82) is 0 Å². The van der Waals surface area contributed by atoms with Crippen molar-refractivity contribution in [1.82, 2.24) is 34.2 Å². The number of aromatic nitrogens is 6. The number of hydrogen-bond acceptors (Lipinski definition) is 6. The van der Waals surface area contributed by atoms with Crippen LogP contribution < -0.4 is 0 Å². The molecular formula is C17H22N8O3. The van der Waals surface area contributed by atoms with Crippen LogP contribution in [0.25, 0.3) is 0 Å². The van der Waals surface area contributed by atoms with E-state index in [4.69, 9.17) is 0 Å². The SMILES string of the molecule is CCn1nccc1CN(C)C(=O)c1ccn(Cn2nc(C)c([N+](=O)[O-])c2C)n1. The Bertz CT molecular complexity index is 1020. The number of carbonyl (C=O) groups excluding carboxylic acids is 1. The normalized spacial score (nSPS) is 11.0. The molecule has 0 saturated carbocycles. The maximum atomic E-state index is 12.7. The largest absolute Gasteiger partial charge is 0.334 e. The number of carbonyl (C=O) groups is 1. The summed E-state index contributed by atoms with van der Waals surface area (Å²) in [6.07, 6.45) is 3.36. The van der Waals surface area contributed by atoms with Gasteiger partial charge in [-0.1, -0.05) is 0 Å². The summed E-state index contributed by atoms with van der Waals surface area (Å²) in [7, 11) is 1.71. The first-order valence-electron chi connectivity index (χ1n) is 8.79. The fraction of sp³-hybridized carbons (Fsp3) is 0.412. The average Bonchev–Trinajstić information content (AvgIpc) is 3.34. The molecule has 0 aliphatic carbocycles. The Morgan fingerprint density at radius 3 is 2.64 bits per heavy atom. The summed E-state index contributed by atoms with van der Waals surface area (Å²) in [4.78, 5) is 24.9. The van der Waals surface area contributed by atoms with Crippen LogP contribution in [0.2, 0.25) is 0 Å². The molecule has 3 heterocycles. The van der Waals surface area contributed by atoms with Gasteiger partial charge < -0.3 is 4.90 Å². The molecule has 0 fully saturated rings. The van der Waals surface area contributed by atoms with Crippen LogP contribution in [0, 0.1) is 24.0 Å². The van der Waals surface area contributed by atoms with Crippen molar-refractivity contribution >= 4 is 11.6 Å². The van der Waals surface area contributed by atoms with E-state index in [0.29, 0.717) is 23.6 Å². The highest BCUT2D eigenvalue weighted by molar-refractivity contribution is 5.91. The lowest BCUT2D eigenvalue weighted by molar-refractivity contribution is -0.386. The van der Waals surface area contributed by atoms with Gasteiger partial charge in [0.1, 0.15) is 23.8 Å². The summed E-state index contributed by atoms with van der Waals surface area (Å²) in [5.74, 6) is -0.220. The molecule has 0 aliphatic heterocycles. The van der Waals surface area contributed by atoms with E-state index < -0.39 is 4.92 Å². The van der Waals surface area contributed by atoms with E-state index in [0.717, 1.165) is 12.2 Å². The summed E-state index contributed by atoms with van der Waals surface area (Å²) < 4.78 is 4.86. The van der Waals surface area contributed by atoms with E-state index in [1.54, 1.807) is 44.3 Å². The van der Waals surface area contributed by atoms with E-state index in [9.17, 15) is 14.9 Å². The third-order valence-electron chi connectivity index (χ3n) is 4.51. The van der Waals surface area contributed by atoms with Gasteiger partial charge in [-0.2, -0.15) is 15.3 Å². The minimum Gasteiger partial charge on any atom is -0.334 e. The lowest BCUT2D eigenvalue weighted by Crippen LogP contribution is -2.28. The maximum Gasteiger partial charge on any atom is 0.312 e. The Morgan fingerprint density at radius 1 is 1.25 bits per heavy atom. The predicted octanol–water partition coefficient (Wildman–Crippen LogP) is 1.60. The zero-order chi connectivity index (χ0) is 20.4. The highest BCUT2D eigenvalue weighted by Gasteiger charge is 2.22. The van der Waals surface area contributed by atoms with Crippen molar-refractivity contribution in [2.45, 2.75) is 40.5 Å². The fourth-order valence-corrected chi connectivity index (χ4v) is 3.07. The lowest BCUT2D eigenvalue weighted by Gasteiger charge is -2.16. The predicted molar refractivity (Wildman–Crippen MR) is 99.7 cm³/mol. The summed E-state index contributed by atoms with van der Waals surface area (Å²) in [6.45, 7) is 6.55. The van der Waals surface area contributed by atoms with Gasteiger partial charge in [0.2, 0.25) is 0 Å². The van der Waals surface area contributed by atoms with E-state index in [-0.39, 0.29) is 18.3 Å². The summed E-state index contributed by atoms with van der Waals surface area (Å²) >= 11 is 0. The molecule has 0 spiro atoms. The van der Waals surface area contributed by atoms with Crippen molar-refractivity contribution in [2.24, 2.45) is 0 Å². The second kappa shape index (κ2) is 7.62. The van der Waals surface area contributed by atoms with E-state index in [1.165, 1.54) is 9.36 Å². The second-order valence-electron chi connectivity index (χ2n) is 6.46. The van der Waals surface area contributed by atoms with Crippen LogP contribution in [0.5, 0.6) is 0 Å². The molecule has 0 aliphatic rings. The van der Waals surface area contributed by atoms with Crippen molar-refractivity contribution in [3.63, 3.8) is 0 Å². The molecule has 1 amide bonds. The van der Waals surface area contributed by atoms with Crippen molar-refractivity contribution < 1.29 is 9.72 Å². The Morgan fingerprint density at radius 2 is 2.00 bits per heavy atom. The minimum absolute atomic E-state index is 0.00396. The van der Waals surface area contributed by atoms with Crippen LogP contribution >= 0.6 is 0 Å². The topological polar surface area (TPSA) is 117 Å². The Hall–Kier alpha value is -3.50. The first-order valence-corrected chi connectivity index (χ1v) is 8.79. The summed E-state index contributed by atoms with van der Waals surface area (Å²) in [5.41, 5.74) is 2.01. The standard InChI is InChI=1S/C17H22N8O3/c1-5-23-14(6-8-18-23)10-21(4)17(26)15-7-9-22(20-15)11-24-13(3)16(25(27)28)12(2)19-24/h6-9H,5,10-11H2,1-4H3. The molecule has 11 heteroatoms. The number of nitro groups is 1. The van der Waals surface area contributed by atoms with Crippen molar-refractivity contribution in [3.05, 3.63) is 57.4 Å². The first kappa shape index (κ1) is 19.3. The molecule has 0 N–H and O–H groups in total. The van der Waals surface area contributed by atoms with Crippen LogP contribution in [0.3, 0.4) is 0 Å². The fourth-order valence-electron chi connectivity index (χ4n) is 3.07. The van der Waals surface area contributed by atoms with Crippen LogP contribution in [-0.4, -0.2) is 52.1 Å². The molecule has 28 heavy (non-hydrogen) atoms. The van der Waals surface area contributed by atoms with E-state index >= 15 is 0 Å². The lowest BCUT2D eigenvalue weighted by atomic mass is 10.3. The average molecular weight is 386 g/mol. The molecule has 0 bridgehead atoms. The molecule has 0 atom stereocenters. The van der Waals surface area contributed by atoms with Gasteiger partial charge in [-0.15, -0.1) is 0 Å². The number of nitrogens with zero attached hydrogens (tertiary/aromatic N) is 8. The van der Waals surface area contributed by atoms with Crippen molar-refractivity contribution in [2.75, 3.05) is 7.05 Å². The van der Waals surface area contributed by atoms with E-state index in [1.807, 2.05) is 17.7 Å². The van der Waals surface area contributed by atoms with Crippen LogP contribution in [0.1, 0.15) is 34.5 Å². The molecule has 0 unspecified atom stereocenters. The van der Waals surface area contributed by atoms with Crippen molar-refractivity contribution in [3.8, 4) is 0 Å². The molecule has 3 rings (SSSR count). The maximum absolute atomic E-state index is 12.7. The van der Waals surface area contributed by atoms with Gasteiger partial charge in [0.25, 0.3) is 5.91 Å². The number of rotatable bonds is 7. The van der Waals surface area contributed by atoms with Gasteiger partial charge in [-0.25, -0.2) is 4.68 Å². The first-order chi connectivity index (χ1) is 13.3. The molecule has 3 aromatic heterocycles. The van der Waals surface area contributed by atoms with Gasteiger partial charge in [0.05, 0.1) is 17.2 Å². The van der Waals surface area contributed by atoms with Crippen LogP contribution in [0.4, 0.5) is 5.69 Å². The Kier molecular flexibility index (Phi) is 5.25. The highest BCUT2D eigenvalue weighted by atomic mass is 16.6. The zero-order valence-electron chi connectivity index (χ0n) is 16.2. The van der Waals surface area contributed by atoms with Gasteiger partial charge >= 0.3 is 5.69 Å². The molecular weight excluding hydrogens is 364 g/mol. The van der Waals surface area contributed by atoms with Crippen LogP contribution in [-0.2, 0) is 19.8 Å². The smallest absolute Gasteiger partial charge is 0.312 e. The molecule has 0 saturated heterocycles. The third-order valence-corrected chi connectivity index (χ3v) is 4.51. The molecule has 148 valence electrons. The molecule has 11 nitrogen and oxygen atoms in total. The highest BCUT2D eigenvalue weighted by Crippen LogP contribution is 2.21. The number of hydrogen-bond donors (Lipinski definition) is 0. The Balaban J connectivity index is 1.72. The van der Waals surface area contributed by atoms with Gasteiger partial charge in [0.15, 0.2) is 0 Å². The van der Waals surface area contributed by atoms with Crippen LogP contribution in [0.15, 0.2) is 24.5 Å². The van der Waals surface area contributed by atoms with Gasteiger partial charge in [-0.05, 0) is 32.9 Å². The molecule has 0 radical (unpaired) electrons. The summed E-state index contributed by atoms with van der Waals surface area (Å²) in [6, 6.07) is 3.50. The zero-order valence-corrected chi connectivity index (χ0v) is 16.2. The Labute approximate surface area is 161 Å². The van der Waals surface area contributed by atoms with Gasteiger partial charge in [-0.3, -0.25) is 24.3 Å². The monoisotopic (exact) mass is 386 g/mol. The van der Waals surface area contributed by atoms with E-state index in [2.05, 4.69) is 15.3 Å². The number of aryl methyl sites for hydroxylation is 2. The number of amides is 1. The molecule has 0 aromatic carbocycles.